The number of benzene rings is 3. The number of nitrogens with one attached hydrogen (secondary N) is 1. The molecule has 1 heterocycles. The van der Waals surface area contributed by atoms with Gasteiger partial charge in [0.1, 0.15) is 18.2 Å². The first-order chi connectivity index (χ1) is 17.4. The highest BCUT2D eigenvalue weighted by Crippen LogP contribution is 2.30. The fraction of sp³-hybridized carbons (Fsp3) is 0.207. The van der Waals surface area contributed by atoms with Crippen molar-refractivity contribution in [2.45, 2.75) is 26.3 Å². The van der Waals surface area contributed by atoms with E-state index in [4.69, 9.17) is 22.8 Å². The number of halogens is 1. The van der Waals surface area contributed by atoms with E-state index in [1.807, 2.05) is 42.5 Å². The van der Waals surface area contributed by atoms with Gasteiger partial charge in [-0.05, 0) is 47.4 Å². The Kier molecular flexibility index (Phi) is 7.72. The molecule has 182 valence electrons. The zero-order chi connectivity index (χ0) is 25.7. The second-order valence-corrected chi connectivity index (χ2v) is 8.93. The van der Waals surface area contributed by atoms with Gasteiger partial charge in [-0.25, -0.2) is 4.79 Å². The first-order valence-corrected chi connectivity index (χ1v) is 12.1. The molecule has 0 aliphatic carbocycles. The van der Waals surface area contributed by atoms with Gasteiger partial charge in [-0.2, -0.15) is 4.98 Å². The number of ether oxygens (including phenoxy) is 1. The molecule has 4 rings (SSSR count). The number of hydrogen-bond donors (Lipinski definition) is 1. The number of hydrogen-bond acceptors (Lipinski definition) is 4. The SMILES string of the molecule is C#CCOc1ccc2c(c1)c(-c1ccc(C(C)C)cc1)nc(=O)n2Cc1cccc(NC(=O)CCl)c1. The number of alkyl halides is 1. The molecule has 1 aromatic heterocycles. The van der Waals surface area contributed by atoms with Crippen molar-refractivity contribution >= 4 is 34.1 Å². The Bertz CT molecular complexity index is 1500. The fourth-order valence-electron chi connectivity index (χ4n) is 4.00. The molecule has 3 aromatic carbocycles. The lowest BCUT2D eigenvalue weighted by molar-refractivity contribution is -0.113. The molecule has 6 nitrogen and oxygen atoms in total. The predicted octanol–water partition coefficient (Wildman–Crippen LogP) is 5.42. The Morgan fingerprint density at radius 3 is 2.61 bits per heavy atom. The molecule has 0 saturated carbocycles. The van der Waals surface area contributed by atoms with Crippen molar-refractivity contribution in [2.24, 2.45) is 0 Å². The van der Waals surface area contributed by atoms with Gasteiger partial charge < -0.3 is 10.1 Å². The minimum absolute atomic E-state index is 0.137. The third-order valence-corrected chi connectivity index (χ3v) is 6.04. The highest BCUT2D eigenvalue weighted by Gasteiger charge is 2.15. The van der Waals surface area contributed by atoms with Crippen LogP contribution < -0.4 is 15.7 Å². The van der Waals surface area contributed by atoms with Crippen molar-refractivity contribution in [2.75, 3.05) is 17.8 Å². The van der Waals surface area contributed by atoms with E-state index in [9.17, 15) is 9.59 Å². The number of amides is 1. The third kappa shape index (κ3) is 5.59. The van der Waals surface area contributed by atoms with Crippen LogP contribution in [0.3, 0.4) is 0 Å². The van der Waals surface area contributed by atoms with Gasteiger partial charge in [0.05, 0.1) is 17.8 Å². The molecule has 0 fully saturated rings. The molecule has 0 saturated heterocycles. The van der Waals surface area contributed by atoms with Gasteiger partial charge >= 0.3 is 5.69 Å². The van der Waals surface area contributed by atoms with Crippen molar-refractivity contribution < 1.29 is 9.53 Å². The van der Waals surface area contributed by atoms with Gasteiger partial charge in [0.25, 0.3) is 0 Å². The monoisotopic (exact) mass is 499 g/mol. The summed E-state index contributed by atoms with van der Waals surface area (Å²) in [4.78, 5) is 29.4. The molecule has 0 radical (unpaired) electrons. The lowest BCUT2D eigenvalue weighted by Gasteiger charge is -2.15. The van der Waals surface area contributed by atoms with Crippen LogP contribution in [0.2, 0.25) is 0 Å². The van der Waals surface area contributed by atoms with E-state index in [0.29, 0.717) is 28.6 Å². The molecule has 0 bridgehead atoms. The summed E-state index contributed by atoms with van der Waals surface area (Å²) in [5.74, 6) is 3.02. The highest BCUT2D eigenvalue weighted by atomic mass is 35.5. The van der Waals surface area contributed by atoms with Crippen LogP contribution in [0.15, 0.2) is 71.5 Å². The lowest BCUT2D eigenvalue weighted by Crippen LogP contribution is -2.24. The fourth-order valence-corrected chi connectivity index (χ4v) is 4.06. The molecule has 0 aliphatic heterocycles. The number of carbonyl (C=O) groups excluding carboxylic acids is 1. The van der Waals surface area contributed by atoms with Crippen LogP contribution in [0.4, 0.5) is 5.69 Å². The maximum atomic E-state index is 13.3. The molecule has 36 heavy (non-hydrogen) atoms. The number of nitrogens with zero attached hydrogens (tertiary/aromatic N) is 2. The summed E-state index contributed by atoms with van der Waals surface area (Å²) in [6, 6.07) is 20.9. The Morgan fingerprint density at radius 2 is 1.92 bits per heavy atom. The lowest BCUT2D eigenvalue weighted by atomic mass is 9.99. The van der Waals surface area contributed by atoms with E-state index in [0.717, 1.165) is 16.5 Å². The smallest absolute Gasteiger partial charge is 0.348 e. The van der Waals surface area contributed by atoms with Gasteiger partial charge in [0.2, 0.25) is 5.91 Å². The van der Waals surface area contributed by atoms with Crippen molar-refractivity contribution in [3.63, 3.8) is 0 Å². The van der Waals surface area contributed by atoms with E-state index < -0.39 is 0 Å². The van der Waals surface area contributed by atoms with Crippen LogP contribution in [-0.2, 0) is 11.3 Å². The first kappa shape index (κ1) is 25.0. The number of rotatable bonds is 8. The van der Waals surface area contributed by atoms with Crippen LogP contribution in [-0.4, -0.2) is 27.9 Å². The molecule has 0 unspecified atom stereocenters. The van der Waals surface area contributed by atoms with Crippen LogP contribution in [0.1, 0.15) is 30.9 Å². The Balaban J connectivity index is 1.82. The van der Waals surface area contributed by atoms with E-state index in [1.54, 1.807) is 16.7 Å². The van der Waals surface area contributed by atoms with Crippen LogP contribution in [0, 0.1) is 12.3 Å². The van der Waals surface area contributed by atoms with E-state index >= 15 is 0 Å². The summed E-state index contributed by atoms with van der Waals surface area (Å²) in [5.41, 5.74) is 4.39. The van der Waals surface area contributed by atoms with Crippen molar-refractivity contribution in [3.8, 4) is 29.4 Å². The quantitative estimate of drug-likeness (QED) is 0.259. The number of fused-ring (bicyclic) bond motifs is 1. The molecular formula is C29H26ClN3O3. The summed E-state index contributed by atoms with van der Waals surface area (Å²) < 4.78 is 7.26. The normalized spacial score (nSPS) is 10.9. The van der Waals surface area contributed by atoms with Crippen molar-refractivity contribution in [1.82, 2.24) is 9.55 Å². The Morgan fingerprint density at radius 1 is 1.14 bits per heavy atom. The van der Waals surface area contributed by atoms with Crippen LogP contribution in [0.25, 0.3) is 22.2 Å². The Hall–Kier alpha value is -4.08. The minimum atomic E-state index is -0.377. The summed E-state index contributed by atoms with van der Waals surface area (Å²) in [6.07, 6.45) is 5.36. The van der Waals surface area contributed by atoms with Gasteiger partial charge in [0, 0.05) is 16.6 Å². The molecule has 4 aromatic rings. The average Bonchev–Trinajstić information content (AvgIpc) is 2.89. The zero-order valence-corrected chi connectivity index (χ0v) is 20.9. The number of carbonyl (C=O) groups is 1. The second-order valence-electron chi connectivity index (χ2n) is 8.66. The zero-order valence-electron chi connectivity index (χ0n) is 20.1. The van der Waals surface area contributed by atoms with Gasteiger partial charge in [-0.15, -0.1) is 18.0 Å². The highest BCUT2D eigenvalue weighted by molar-refractivity contribution is 6.29. The third-order valence-electron chi connectivity index (χ3n) is 5.80. The number of aromatic nitrogens is 2. The second kappa shape index (κ2) is 11.1. The number of terminal acetylenes is 1. The summed E-state index contributed by atoms with van der Waals surface area (Å²) in [7, 11) is 0. The first-order valence-electron chi connectivity index (χ1n) is 11.6. The minimum Gasteiger partial charge on any atom is -0.481 e. The van der Waals surface area contributed by atoms with E-state index in [1.165, 1.54) is 5.56 Å². The standard InChI is InChI=1S/C29H26ClN3O3/c1-4-14-36-24-12-13-26-25(16-24)28(22-10-8-21(9-11-22)19(2)3)32-29(35)33(26)18-20-6-5-7-23(15-20)31-27(34)17-30/h1,5-13,15-16,19H,14,17-18H2,2-3H3,(H,31,34). The molecule has 0 spiro atoms. The van der Waals surface area contributed by atoms with Gasteiger partial charge in [0.15, 0.2) is 0 Å². The number of anilines is 1. The van der Waals surface area contributed by atoms with Gasteiger partial charge in [-0.1, -0.05) is 56.2 Å². The largest absolute Gasteiger partial charge is 0.481 e. The topological polar surface area (TPSA) is 73.2 Å². The van der Waals surface area contributed by atoms with Crippen molar-refractivity contribution in [1.29, 1.82) is 0 Å². The van der Waals surface area contributed by atoms with Gasteiger partial charge in [-0.3, -0.25) is 9.36 Å². The predicted molar refractivity (Wildman–Crippen MR) is 145 cm³/mol. The molecular weight excluding hydrogens is 474 g/mol. The van der Waals surface area contributed by atoms with Crippen LogP contribution >= 0.6 is 11.6 Å². The molecule has 7 heteroatoms. The summed E-state index contributed by atoms with van der Waals surface area (Å²) >= 11 is 5.60. The van der Waals surface area contributed by atoms with E-state index in [-0.39, 0.29) is 30.6 Å². The molecule has 0 aliphatic rings. The Labute approximate surface area is 214 Å². The van der Waals surface area contributed by atoms with E-state index in [2.05, 4.69) is 42.2 Å². The average molecular weight is 500 g/mol. The molecule has 1 N–H and O–H groups in total. The molecule has 0 atom stereocenters. The van der Waals surface area contributed by atoms with Crippen molar-refractivity contribution in [3.05, 3.63) is 88.3 Å². The maximum absolute atomic E-state index is 13.3. The maximum Gasteiger partial charge on any atom is 0.348 e. The van der Waals surface area contributed by atoms with Crippen LogP contribution in [0.5, 0.6) is 5.75 Å². The molecule has 1 amide bonds. The summed E-state index contributed by atoms with van der Waals surface area (Å²) in [6.45, 7) is 4.67. The summed E-state index contributed by atoms with van der Waals surface area (Å²) in [5, 5.41) is 3.50.